The van der Waals surface area contributed by atoms with E-state index < -0.39 is 0 Å². The number of hydrogen-bond acceptors (Lipinski definition) is 4. The summed E-state index contributed by atoms with van der Waals surface area (Å²) in [7, 11) is 1.70. The number of carbonyl (C=O) groups is 1. The van der Waals surface area contributed by atoms with Gasteiger partial charge in [0.15, 0.2) is 5.78 Å². The Morgan fingerprint density at radius 2 is 2.32 bits per heavy atom. The number of aromatic nitrogens is 1. The highest BCUT2D eigenvalue weighted by Gasteiger charge is 2.33. The summed E-state index contributed by atoms with van der Waals surface area (Å²) in [5.74, 6) is 1.58. The molecule has 1 aromatic rings. The summed E-state index contributed by atoms with van der Waals surface area (Å²) >= 11 is 0. The molecule has 0 radical (unpaired) electrons. The Bertz CT molecular complexity index is 444. The first-order chi connectivity index (χ1) is 9.15. The molecule has 0 spiro atoms. The number of rotatable bonds is 7. The molecule has 0 aliphatic heterocycles. The van der Waals surface area contributed by atoms with Gasteiger partial charge in [0.25, 0.3) is 0 Å². The van der Waals surface area contributed by atoms with E-state index in [1.807, 2.05) is 12.1 Å². The van der Waals surface area contributed by atoms with E-state index in [9.17, 15) is 4.79 Å². The van der Waals surface area contributed by atoms with Crippen molar-refractivity contribution < 1.29 is 9.53 Å². The summed E-state index contributed by atoms with van der Waals surface area (Å²) in [4.78, 5) is 18.4. The van der Waals surface area contributed by atoms with Crippen LogP contribution in [0.15, 0.2) is 18.3 Å². The second kappa shape index (κ2) is 6.15. The molecule has 4 nitrogen and oxygen atoms in total. The first-order valence-electron chi connectivity index (χ1n) is 6.86. The average Bonchev–Trinajstić information content (AvgIpc) is 3.23. The third-order valence-corrected chi connectivity index (χ3v) is 3.77. The van der Waals surface area contributed by atoms with Crippen LogP contribution in [0.4, 0.5) is 5.82 Å². The van der Waals surface area contributed by atoms with Gasteiger partial charge >= 0.3 is 0 Å². The first kappa shape index (κ1) is 14.0. The van der Waals surface area contributed by atoms with Crippen LogP contribution in [-0.4, -0.2) is 37.1 Å². The molecule has 1 unspecified atom stereocenters. The summed E-state index contributed by atoms with van der Waals surface area (Å²) in [6, 6.07) is 4.07. The smallest absolute Gasteiger partial charge is 0.163 e. The number of pyridine rings is 1. The first-order valence-corrected chi connectivity index (χ1v) is 6.86. The molecule has 1 atom stereocenters. The van der Waals surface area contributed by atoms with Gasteiger partial charge in [-0.1, -0.05) is 0 Å². The number of anilines is 1. The monoisotopic (exact) mass is 262 g/mol. The second-order valence-corrected chi connectivity index (χ2v) is 5.19. The minimum absolute atomic E-state index is 0.0634. The zero-order chi connectivity index (χ0) is 13.8. The Kier molecular flexibility index (Phi) is 4.53. The van der Waals surface area contributed by atoms with E-state index in [-0.39, 0.29) is 5.78 Å². The number of carbonyl (C=O) groups excluding carboxylic acids is 1. The van der Waals surface area contributed by atoms with Gasteiger partial charge in [0.1, 0.15) is 5.82 Å². The van der Waals surface area contributed by atoms with Crippen LogP contribution in [0.25, 0.3) is 0 Å². The zero-order valence-electron chi connectivity index (χ0n) is 11.9. The molecule has 2 rings (SSSR count). The predicted molar refractivity (Wildman–Crippen MR) is 75.6 cm³/mol. The lowest BCUT2D eigenvalue weighted by molar-refractivity contribution is 0.101. The van der Waals surface area contributed by atoms with Gasteiger partial charge in [0, 0.05) is 25.9 Å². The number of Topliss-reactive ketones (excluding diaryl/α,β-unsaturated/α-hetero) is 1. The Labute approximate surface area is 114 Å². The Hall–Kier alpha value is -1.42. The van der Waals surface area contributed by atoms with Crippen LogP contribution >= 0.6 is 0 Å². The normalized spacial score (nSPS) is 16.2. The fourth-order valence-electron chi connectivity index (χ4n) is 2.43. The molecule has 4 heteroatoms. The molecule has 0 saturated heterocycles. The quantitative estimate of drug-likeness (QED) is 0.708. The second-order valence-electron chi connectivity index (χ2n) is 5.19. The maximum Gasteiger partial charge on any atom is 0.163 e. The third-order valence-electron chi connectivity index (χ3n) is 3.77. The molecule has 0 aromatic carbocycles. The summed E-state index contributed by atoms with van der Waals surface area (Å²) in [5, 5.41) is 0. The van der Waals surface area contributed by atoms with Gasteiger partial charge in [-0.2, -0.15) is 0 Å². The predicted octanol–water partition coefficient (Wildman–Crippen LogP) is 2.54. The summed E-state index contributed by atoms with van der Waals surface area (Å²) < 4.78 is 5.19. The molecule has 104 valence electrons. The van der Waals surface area contributed by atoms with Crippen molar-refractivity contribution in [3.05, 3.63) is 23.9 Å². The number of methoxy groups -OCH3 is 1. The Balaban J connectivity index is 2.28. The van der Waals surface area contributed by atoms with Crippen LogP contribution in [-0.2, 0) is 4.74 Å². The van der Waals surface area contributed by atoms with Crippen molar-refractivity contribution in [1.82, 2.24) is 4.98 Å². The van der Waals surface area contributed by atoms with Gasteiger partial charge in [-0.05, 0) is 44.7 Å². The minimum atomic E-state index is 0.0634. The third kappa shape index (κ3) is 3.32. The highest BCUT2D eigenvalue weighted by Crippen LogP contribution is 2.37. The van der Waals surface area contributed by atoms with E-state index in [1.165, 1.54) is 12.8 Å². The SMILES string of the molecule is COCCN(c1ncccc1C(C)=O)C(C)C1CC1. The van der Waals surface area contributed by atoms with Crippen LogP contribution in [0.5, 0.6) is 0 Å². The topological polar surface area (TPSA) is 42.4 Å². The molecule has 0 N–H and O–H groups in total. The molecule has 1 saturated carbocycles. The largest absolute Gasteiger partial charge is 0.383 e. The summed E-state index contributed by atoms with van der Waals surface area (Å²) in [6.07, 6.45) is 4.29. The fourth-order valence-corrected chi connectivity index (χ4v) is 2.43. The number of ether oxygens (including phenoxy) is 1. The fraction of sp³-hybridized carbons (Fsp3) is 0.600. The molecule has 1 aliphatic carbocycles. The van der Waals surface area contributed by atoms with Gasteiger partial charge in [0.2, 0.25) is 0 Å². The molecule has 1 heterocycles. The molecular weight excluding hydrogens is 240 g/mol. The van der Waals surface area contributed by atoms with Gasteiger partial charge in [-0.3, -0.25) is 4.79 Å². The summed E-state index contributed by atoms with van der Waals surface area (Å²) in [5.41, 5.74) is 0.700. The number of nitrogens with zero attached hydrogens (tertiary/aromatic N) is 2. The van der Waals surface area contributed by atoms with Crippen LogP contribution in [0.2, 0.25) is 0 Å². The van der Waals surface area contributed by atoms with Crippen molar-refractivity contribution in [1.29, 1.82) is 0 Å². The molecule has 1 aromatic heterocycles. The van der Waals surface area contributed by atoms with E-state index in [1.54, 1.807) is 20.2 Å². The van der Waals surface area contributed by atoms with Crippen molar-refractivity contribution in [2.45, 2.75) is 32.7 Å². The standard InChI is InChI=1S/C15H22N2O2/c1-11(13-6-7-13)17(9-10-19-3)15-14(12(2)18)5-4-8-16-15/h4-5,8,11,13H,6-7,9-10H2,1-3H3. The maximum absolute atomic E-state index is 11.8. The maximum atomic E-state index is 11.8. The highest BCUT2D eigenvalue weighted by atomic mass is 16.5. The lowest BCUT2D eigenvalue weighted by Crippen LogP contribution is -2.38. The van der Waals surface area contributed by atoms with E-state index in [0.29, 0.717) is 18.2 Å². The minimum Gasteiger partial charge on any atom is -0.383 e. The van der Waals surface area contributed by atoms with Crippen molar-refractivity contribution in [3.8, 4) is 0 Å². The van der Waals surface area contributed by atoms with Crippen LogP contribution < -0.4 is 4.90 Å². The van der Waals surface area contributed by atoms with Crippen LogP contribution in [0, 0.1) is 5.92 Å². The van der Waals surface area contributed by atoms with Gasteiger partial charge in [0.05, 0.1) is 12.2 Å². The molecule has 0 bridgehead atoms. The molecule has 1 aliphatic rings. The van der Waals surface area contributed by atoms with E-state index in [4.69, 9.17) is 4.74 Å². The number of hydrogen-bond donors (Lipinski definition) is 0. The molecule has 0 amide bonds. The van der Waals surface area contributed by atoms with E-state index in [2.05, 4.69) is 16.8 Å². The van der Waals surface area contributed by atoms with Gasteiger partial charge in [-0.15, -0.1) is 0 Å². The summed E-state index contributed by atoms with van der Waals surface area (Å²) in [6.45, 7) is 5.22. The van der Waals surface area contributed by atoms with Crippen molar-refractivity contribution in [2.24, 2.45) is 5.92 Å². The highest BCUT2D eigenvalue weighted by molar-refractivity contribution is 5.98. The van der Waals surface area contributed by atoms with Crippen molar-refractivity contribution >= 4 is 11.6 Å². The van der Waals surface area contributed by atoms with Gasteiger partial charge in [-0.25, -0.2) is 4.98 Å². The number of ketones is 1. The zero-order valence-corrected chi connectivity index (χ0v) is 11.9. The van der Waals surface area contributed by atoms with Crippen LogP contribution in [0.1, 0.15) is 37.0 Å². The van der Waals surface area contributed by atoms with E-state index in [0.717, 1.165) is 18.3 Å². The van der Waals surface area contributed by atoms with Crippen molar-refractivity contribution in [2.75, 3.05) is 25.2 Å². The van der Waals surface area contributed by atoms with Crippen LogP contribution in [0.3, 0.4) is 0 Å². The van der Waals surface area contributed by atoms with E-state index >= 15 is 0 Å². The average molecular weight is 262 g/mol. The Morgan fingerprint density at radius 1 is 1.58 bits per heavy atom. The Morgan fingerprint density at radius 3 is 2.89 bits per heavy atom. The lowest BCUT2D eigenvalue weighted by atomic mass is 10.1. The lowest BCUT2D eigenvalue weighted by Gasteiger charge is -2.31. The molecular formula is C15H22N2O2. The molecule has 1 fully saturated rings. The van der Waals surface area contributed by atoms with Crippen molar-refractivity contribution in [3.63, 3.8) is 0 Å². The van der Waals surface area contributed by atoms with Gasteiger partial charge < -0.3 is 9.64 Å². The molecule has 19 heavy (non-hydrogen) atoms.